The van der Waals surface area contributed by atoms with E-state index in [4.69, 9.17) is 14.7 Å². The molecule has 1 aliphatic rings. The number of methoxy groups -OCH3 is 1. The van der Waals surface area contributed by atoms with Crippen molar-refractivity contribution in [3.8, 4) is 11.4 Å². The summed E-state index contributed by atoms with van der Waals surface area (Å²) < 4.78 is 4.97. The van der Waals surface area contributed by atoms with Crippen molar-refractivity contribution in [1.82, 2.24) is 9.97 Å². The Balaban J connectivity index is 1.91. The molecule has 0 atom stereocenters. The lowest BCUT2D eigenvalue weighted by Crippen LogP contribution is -3.12. The molecular formula is C20H23N4O2S+. The number of hydrogen-bond acceptors (Lipinski definition) is 6. The van der Waals surface area contributed by atoms with Crippen LogP contribution >= 0.6 is 11.3 Å². The molecule has 1 saturated heterocycles. The number of carbonyl (C=O) groups is 1. The summed E-state index contributed by atoms with van der Waals surface area (Å²) in [4.78, 5) is 27.2. The summed E-state index contributed by atoms with van der Waals surface area (Å²) >= 11 is 1.39. The fraction of sp³-hybridized carbons (Fsp3) is 0.350. The van der Waals surface area contributed by atoms with Crippen LogP contribution in [0.3, 0.4) is 0 Å². The molecule has 0 radical (unpaired) electrons. The first-order valence-corrected chi connectivity index (χ1v) is 9.91. The maximum atomic E-state index is 12.2. The number of thiophene rings is 1. The van der Waals surface area contributed by atoms with Crippen molar-refractivity contribution in [3.05, 3.63) is 40.8 Å². The molecule has 0 aliphatic carbocycles. The number of anilines is 1. The molecule has 4 rings (SSSR count). The van der Waals surface area contributed by atoms with Gasteiger partial charge in [-0.05, 0) is 12.5 Å². The lowest BCUT2D eigenvalue weighted by atomic mass is 10.1. The quantitative estimate of drug-likeness (QED) is 0.699. The van der Waals surface area contributed by atoms with Crippen LogP contribution in [0.2, 0.25) is 0 Å². The Labute approximate surface area is 162 Å². The highest BCUT2D eigenvalue weighted by Crippen LogP contribution is 2.37. The molecule has 3 aromatic rings. The van der Waals surface area contributed by atoms with Gasteiger partial charge < -0.3 is 14.5 Å². The van der Waals surface area contributed by atoms with Crippen LogP contribution < -0.4 is 9.80 Å². The molecule has 1 N–H and O–H groups in total. The Morgan fingerprint density at radius 2 is 1.89 bits per heavy atom. The molecule has 0 bridgehead atoms. The van der Waals surface area contributed by atoms with E-state index in [0.717, 1.165) is 53.3 Å². The van der Waals surface area contributed by atoms with E-state index in [0.29, 0.717) is 10.7 Å². The number of ether oxygens (including phenoxy) is 1. The molecule has 140 valence electrons. The predicted octanol–water partition coefficient (Wildman–Crippen LogP) is 1.79. The molecule has 7 heteroatoms. The topological polar surface area (TPSA) is 59.8 Å². The minimum atomic E-state index is -0.314. The van der Waals surface area contributed by atoms with Crippen LogP contribution in [0, 0.1) is 6.92 Å². The molecule has 0 amide bonds. The first kappa shape index (κ1) is 17.9. The van der Waals surface area contributed by atoms with Crippen molar-refractivity contribution >= 4 is 33.3 Å². The number of piperazine rings is 1. The third kappa shape index (κ3) is 3.28. The minimum absolute atomic E-state index is 0.314. The number of nitrogens with zero attached hydrogens (tertiary/aromatic N) is 3. The first-order valence-electron chi connectivity index (χ1n) is 9.09. The van der Waals surface area contributed by atoms with Gasteiger partial charge in [0.1, 0.15) is 15.5 Å². The fourth-order valence-electron chi connectivity index (χ4n) is 3.45. The number of hydrogen-bond donors (Lipinski definition) is 1. The van der Waals surface area contributed by atoms with E-state index in [2.05, 4.69) is 11.9 Å². The molecule has 1 aromatic carbocycles. The molecule has 3 heterocycles. The third-order valence-corrected chi connectivity index (χ3v) is 6.26. The average Bonchev–Trinajstić information content (AvgIpc) is 3.04. The van der Waals surface area contributed by atoms with Gasteiger partial charge in [0.05, 0.1) is 45.7 Å². The van der Waals surface area contributed by atoms with Crippen LogP contribution in [0.15, 0.2) is 30.3 Å². The number of benzene rings is 1. The molecule has 6 nitrogen and oxygen atoms in total. The number of likely N-dealkylation sites (N-methyl/N-ethyl adjacent to an activating group) is 1. The highest BCUT2D eigenvalue weighted by molar-refractivity contribution is 7.20. The zero-order valence-corrected chi connectivity index (χ0v) is 16.6. The van der Waals surface area contributed by atoms with Gasteiger partial charge >= 0.3 is 5.97 Å². The second-order valence-electron chi connectivity index (χ2n) is 6.91. The number of esters is 1. The number of aromatic nitrogens is 2. The number of aryl methyl sites for hydroxylation is 1. The second-order valence-corrected chi connectivity index (χ2v) is 7.91. The molecule has 0 saturated carbocycles. The molecule has 27 heavy (non-hydrogen) atoms. The lowest BCUT2D eigenvalue weighted by Gasteiger charge is -2.31. The van der Waals surface area contributed by atoms with E-state index < -0.39 is 0 Å². The molecule has 1 aliphatic heterocycles. The second kappa shape index (κ2) is 7.25. The lowest BCUT2D eigenvalue weighted by molar-refractivity contribution is -0.880. The Morgan fingerprint density at radius 3 is 2.56 bits per heavy atom. The number of carbonyl (C=O) groups excluding carboxylic acids is 1. The highest BCUT2D eigenvalue weighted by Gasteiger charge is 2.26. The Kier molecular flexibility index (Phi) is 4.80. The molecular weight excluding hydrogens is 360 g/mol. The van der Waals surface area contributed by atoms with Gasteiger partial charge in [-0.1, -0.05) is 30.3 Å². The predicted molar refractivity (Wildman–Crippen MR) is 108 cm³/mol. The van der Waals surface area contributed by atoms with Crippen molar-refractivity contribution < 1.29 is 14.4 Å². The maximum absolute atomic E-state index is 12.2. The number of rotatable bonds is 3. The Bertz CT molecular complexity index is 979. The SMILES string of the molecule is COC(=O)c1sc2nc(-c3ccccc3)nc(N3CC[NH+](C)CC3)c2c1C. The van der Waals surface area contributed by atoms with Gasteiger partial charge in [0.2, 0.25) is 0 Å². The summed E-state index contributed by atoms with van der Waals surface area (Å²) in [7, 11) is 3.63. The van der Waals surface area contributed by atoms with Gasteiger partial charge in [-0.3, -0.25) is 0 Å². The van der Waals surface area contributed by atoms with Crippen molar-refractivity contribution in [3.63, 3.8) is 0 Å². The van der Waals surface area contributed by atoms with E-state index in [1.165, 1.54) is 23.3 Å². The van der Waals surface area contributed by atoms with Crippen LogP contribution in [0.4, 0.5) is 5.82 Å². The Hall–Kier alpha value is -2.51. The van der Waals surface area contributed by atoms with E-state index in [-0.39, 0.29) is 5.97 Å². The number of nitrogens with one attached hydrogen (secondary N) is 1. The third-order valence-electron chi connectivity index (χ3n) is 5.09. The monoisotopic (exact) mass is 383 g/mol. The maximum Gasteiger partial charge on any atom is 0.348 e. The van der Waals surface area contributed by atoms with E-state index >= 15 is 0 Å². The highest BCUT2D eigenvalue weighted by atomic mass is 32.1. The van der Waals surface area contributed by atoms with Gasteiger partial charge in [-0.15, -0.1) is 11.3 Å². The summed E-state index contributed by atoms with van der Waals surface area (Å²) in [5, 5.41) is 0.972. The summed E-state index contributed by atoms with van der Waals surface area (Å²) in [6.45, 7) is 5.98. The Morgan fingerprint density at radius 1 is 1.19 bits per heavy atom. The summed E-state index contributed by atoms with van der Waals surface area (Å²) in [6.07, 6.45) is 0. The largest absolute Gasteiger partial charge is 0.465 e. The van der Waals surface area contributed by atoms with E-state index in [1.54, 1.807) is 0 Å². The van der Waals surface area contributed by atoms with Crippen LogP contribution in [-0.4, -0.2) is 56.3 Å². The minimum Gasteiger partial charge on any atom is -0.465 e. The van der Waals surface area contributed by atoms with Gasteiger partial charge in [0, 0.05) is 5.56 Å². The van der Waals surface area contributed by atoms with Crippen LogP contribution in [0.25, 0.3) is 21.6 Å². The normalized spacial score (nSPS) is 15.3. The van der Waals surface area contributed by atoms with Gasteiger partial charge in [-0.2, -0.15) is 0 Å². The van der Waals surface area contributed by atoms with Crippen molar-refractivity contribution in [2.24, 2.45) is 0 Å². The summed E-state index contributed by atoms with van der Waals surface area (Å²) in [5.74, 6) is 1.31. The van der Waals surface area contributed by atoms with Crippen LogP contribution in [-0.2, 0) is 4.74 Å². The van der Waals surface area contributed by atoms with Gasteiger partial charge in [-0.25, -0.2) is 14.8 Å². The number of quaternary nitrogens is 1. The summed E-state index contributed by atoms with van der Waals surface area (Å²) in [6, 6.07) is 9.99. The molecule has 0 unspecified atom stereocenters. The van der Waals surface area contributed by atoms with E-state index in [1.807, 2.05) is 37.3 Å². The summed E-state index contributed by atoms with van der Waals surface area (Å²) in [5.41, 5.74) is 1.88. The number of fused-ring (bicyclic) bond motifs is 1. The molecule has 2 aromatic heterocycles. The molecule has 1 fully saturated rings. The standard InChI is InChI=1S/C20H22N4O2S/c1-13-15-18(24-11-9-23(2)10-12-24)21-17(14-7-5-4-6-8-14)22-19(15)27-16(13)20(25)26-3/h4-8H,9-12H2,1-3H3/p+1. The van der Waals surface area contributed by atoms with Gasteiger partial charge in [0.25, 0.3) is 0 Å². The van der Waals surface area contributed by atoms with E-state index in [9.17, 15) is 4.79 Å². The zero-order valence-electron chi connectivity index (χ0n) is 15.8. The van der Waals surface area contributed by atoms with Crippen LogP contribution in [0.5, 0.6) is 0 Å². The fourth-order valence-corrected chi connectivity index (χ4v) is 4.54. The molecule has 0 spiro atoms. The van der Waals surface area contributed by atoms with Crippen LogP contribution in [0.1, 0.15) is 15.2 Å². The van der Waals surface area contributed by atoms with Crippen molar-refractivity contribution in [2.75, 3.05) is 45.2 Å². The smallest absolute Gasteiger partial charge is 0.348 e. The zero-order chi connectivity index (χ0) is 19.0. The van der Waals surface area contributed by atoms with Crippen molar-refractivity contribution in [1.29, 1.82) is 0 Å². The average molecular weight is 383 g/mol. The van der Waals surface area contributed by atoms with Gasteiger partial charge in [0.15, 0.2) is 5.82 Å². The van der Waals surface area contributed by atoms with Crippen molar-refractivity contribution in [2.45, 2.75) is 6.92 Å². The first-order chi connectivity index (χ1) is 13.1.